The molecule has 1 aromatic heterocycles. The van der Waals surface area contributed by atoms with E-state index in [1.54, 1.807) is 18.6 Å². The number of anilines is 1. The Morgan fingerprint density at radius 1 is 1.23 bits per heavy atom. The van der Waals surface area contributed by atoms with Crippen LogP contribution >= 0.6 is 11.6 Å². The van der Waals surface area contributed by atoms with Gasteiger partial charge < -0.3 is 10.1 Å². The summed E-state index contributed by atoms with van der Waals surface area (Å²) < 4.78 is 5.35. The lowest BCUT2D eigenvalue weighted by Crippen LogP contribution is -2.39. The fraction of sp³-hybridized carbons (Fsp3) is 0.444. The highest BCUT2D eigenvalue weighted by molar-refractivity contribution is 6.25. The van der Waals surface area contributed by atoms with Crippen molar-refractivity contribution in [3.63, 3.8) is 0 Å². The maximum atomic E-state index is 6.64. The Kier molecular flexibility index (Phi) is 5.38. The van der Waals surface area contributed by atoms with Gasteiger partial charge in [-0.05, 0) is 0 Å². The monoisotopic (exact) mass is 372 g/mol. The summed E-state index contributed by atoms with van der Waals surface area (Å²) in [4.78, 5) is 19.8. The number of hydrogen-bond acceptors (Lipinski definition) is 7. The van der Waals surface area contributed by atoms with Crippen molar-refractivity contribution in [1.29, 1.82) is 0 Å². The number of fused-ring (bicyclic) bond motifs is 1. The van der Waals surface area contributed by atoms with Crippen molar-refractivity contribution in [2.24, 2.45) is 9.98 Å². The van der Waals surface area contributed by atoms with Gasteiger partial charge in [0.05, 0.1) is 18.6 Å². The second-order valence-electron chi connectivity index (χ2n) is 6.29. The first kappa shape index (κ1) is 17.3. The zero-order valence-electron chi connectivity index (χ0n) is 14.4. The van der Waals surface area contributed by atoms with Crippen molar-refractivity contribution in [2.45, 2.75) is 11.8 Å². The smallest absolute Gasteiger partial charge is 0.222 e. The molecule has 3 aliphatic rings. The molecule has 0 amide bonds. The highest BCUT2D eigenvalue weighted by Crippen LogP contribution is 2.37. The van der Waals surface area contributed by atoms with Crippen LogP contribution in [0.3, 0.4) is 0 Å². The standard InChI is InChI=1S/C18H21ClN6O/c19-16(15-12-22-17-14(15)2-1-3-20-17)13-10-23-18(24-11-13)21-4-5-25-6-8-26-9-7-25/h2-3,10-12,16H,1,4-9H2,(H,21,23,24). The number of allylic oxidation sites excluding steroid dienone is 1. The lowest BCUT2D eigenvalue weighted by Gasteiger charge is -2.26. The molecule has 3 aliphatic heterocycles. The highest BCUT2D eigenvalue weighted by Gasteiger charge is 2.25. The summed E-state index contributed by atoms with van der Waals surface area (Å²) in [5, 5.41) is 2.92. The van der Waals surface area contributed by atoms with Gasteiger partial charge in [0.25, 0.3) is 0 Å². The molecular formula is C18H21ClN6O. The van der Waals surface area contributed by atoms with Gasteiger partial charge in [0.15, 0.2) is 5.84 Å². The number of dihydropyridines is 1. The average molecular weight is 373 g/mol. The van der Waals surface area contributed by atoms with Crippen molar-refractivity contribution >= 4 is 29.6 Å². The lowest BCUT2D eigenvalue weighted by atomic mass is 9.99. The molecule has 1 N–H and O–H groups in total. The van der Waals surface area contributed by atoms with Gasteiger partial charge >= 0.3 is 0 Å². The molecule has 0 spiro atoms. The van der Waals surface area contributed by atoms with E-state index in [2.05, 4.69) is 36.2 Å². The molecule has 0 aliphatic carbocycles. The number of halogens is 1. The summed E-state index contributed by atoms with van der Waals surface area (Å²) in [5.74, 6) is 1.35. The minimum absolute atomic E-state index is 0.335. The number of ether oxygens (including phenoxy) is 1. The van der Waals surface area contributed by atoms with Crippen molar-refractivity contribution in [3.05, 3.63) is 41.4 Å². The van der Waals surface area contributed by atoms with Gasteiger partial charge in [-0.2, -0.15) is 0 Å². The molecule has 1 unspecified atom stereocenters. The third-order valence-corrected chi connectivity index (χ3v) is 5.06. The highest BCUT2D eigenvalue weighted by atomic mass is 35.5. The fourth-order valence-electron chi connectivity index (χ4n) is 3.11. The molecule has 26 heavy (non-hydrogen) atoms. The summed E-state index contributed by atoms with van der Waals surface area (Å²) in [7, 11) is 0. The molecule has 0 saturated carbocycles. The average Bonchev–Trinajstić information content (AvgIpc) is 3.13. The van der Waals surface area contributed by atoms with Crippen LogP contribution in [0.4, 0.5) is 5.95 Å². The number of amidine groups is 1. The van der Waals surface area contributed by atoms with E-state index in [1.807, 2.05) is 6.21 Å². The number of alkyl halides is 1. The van der Waals surface area contributed by atoms with E-state index >= 15 is 0 Å². The van der Waals surface area contributed by atoms with Crippen LogP contribution in [-0.2, 0) is 4.74 Å². The summed E-state index contributed by atoms with van der Waals surface area (Å²) in [6.45, 7) is 5.34. The van der Waals surface area contributed by atoms with Gasteiger partial charge in [-0.1, -0.05) is 6.08 Å². The van der Waals surface area contributed by atoms with Crippen LogP contribution in [0.1, 0.15) is 17.4 Å². The van der Waals surface area contributed by atoms with E-state index in [4.69, 9.17) is 16.3 Å². The molecule has 1 aromatic rings. The number of morpholine rings is 1. The van der Waals surface area contributed by atoms with Crippen LogP contribution in [0.15, 0.2) is 45.8 Å². The van der Waals surface area contributed by atoms with Gasteiger partial charge in [0.1, 0.15) is 0 Å². The van der Waals surface area contributed by atoms with E-state index in [-0.39, 0.29) is 5.38 Å². The Morgan fingerprint density at radius 3 is 2.85 bits per heavy atom. The molecular weight excluding hydrogens is 352 g/mol. The summed E-state index contributed by atoms with van der Waals surface area (Å²) >= 11 is 6.64. The van der Waals surface area contributed by atoms with Crippen LogP contribution in [0.25, 0.3) is 0 Å². The van der Waals surface area contributed by atoms with Gasteiger partial charge in [-0.15, -0.1) is 11.6 Å². The number of rotatable bonds is 6. The maximum absolute atomic E-state index is 6.64. The zero-order valence-corrected chi connectivity index (χ0v) is 15.2. The largest absolute Gasteiger partial charge is 0.379 e. The SMILES string of the molecule is ClC(C1=CN=C2N=CCC=C12)c1cnc(NCCN2CCOCC2)nc1. The Morgan fingerprint density at radius 2 is 2.04 bits per heavy atom. The third kappa shape index (κ3) is 3.85. The molecule has 0 radical (unpaired) electrons. The maximum Gasteiger partial charge on any atom is 0.222 e. The van der Waals surface area contributed by atoms with Crippen LogP contribution < -0.4 is 5.32 Å². The lowest BCUT2D eigenvalue weighted by molar-refractivity contribution is 0.0398. The third-order valence-electron chi connectivity index (χ3n) is 4.57. The first-order valence-corrected chi connectivity index (χ1v) is 9.26. The van der Waals surface area contributed by atoms with E-state index in [0.717, 1.165) is 68.4 Å². The van der Waals surface area contributed by atoms with Gasteiger partial charge in [0, 0.05) is 74.1 Å². The van der Waals surface area contributed by atoms with Crippen molar-refractivity contribution in [1.82, 2.24) is 14.9 Å². The molecule has 1 fully saturated rings. The predicted molar refractivity (Wildman–Crippen MR) is 103 cm³/mol. The fourth-order valence-corrected chi connectivity index (χ4v) is 3.40. The minimum Gasteiger partial charge on any atom is -0.379 e. The van der Waals surface area contributed by atoms with Gasteiger partial charge in [-0.3, -0.25) is 4.90 Å². The Hall–Kier alpha value is -2.09. The van der Waals surface area contributed by atoms with Crippen molar-refractivity contribution in [3.8, 4) is 0 Å². The first-order valence-electron chi connectivity index (χ1n) is 8.82. The van der Waals surface area contributed by atoms with Gasteiger partial charge in [0.2, 0.25) is 5.95 Å². The Labute approximate surface area is 157 Å². The molecule has 4 rings (SSSR count). The molecule has 136 valence electrons. The number of aliphatic imine (C=N–C) groups is 2. The molecule has 1 atom stereocenters. The van der Waals surface area contributed by atoms with Crippen LogP contribution in [0, 0.1) is 0 Å². The summed E-state index contributed by atoms with van der Waals surface area (Å²) in [6.07, 6.45) is 10.1. The molecule has 4 heterocycles. The Balaban J connectivity index is 1.32. The number of nitrogens with one attached hydrogen (secondary N) is 1. The van der Waals surface area contributed by atoms with Crippen LogP contribution in [0.2, 0.25) is 0 Å². The van der Waals surface area contributed by atoms with Crippen molar-refractivity contribution < 1.29 is 4.74 Å². The number of nitrogens with zero attached hydrogens (tertiary/aromatic N) is 5. The zero-order chi connectivity index (χ0) is 17.8. The molecule has 0 bridgehead atoms. The molecule has 7 nitrogen and oxygen atoms in total. The van der Waals surface area contributed by atoms with E-state index in [9.17, 15) is 0 Å². The molecule has 1 saturated heterocycles. The van der Waals surface area contributed by atoms with E-state index in [1.165, 1.54) is 0 Å². The van der Waals surface area contributed by atoms with Gasteiger partial charge in [-0.25, -0.2) is 20.0 Å². The topological polar surface area (TPSA) is 75.0 Å². The van der Waals surface area contributed by atoms with Crippen molar-refractivity contribution in [2.75, 3.05) is 44.7 Å². The Bertz CT molecular complexity index is 764. The number of hydrogen-bond donors (Lipinski definition) is 1. The van der Waals surface area contributed by atoms with Crippen LogP contribution in [0.5, 0.6) is 0 Å². The second-order valence-corrected chi connectivity index (χ2v) is 6.72. The summed E-state index contributed by atoms with van der Waals surface area (Å²) in [5.41, 5.74) is 2.82. The molecule has 8 heteroatoms. The molecule has 0 aromatic carbocycles. The predicted octanol–water partition coefficient (Wildman–Crippen LogP) is 2.20. The quantitative estimate of drug-likeness (QED) is 0.775. The number of aromatic nitrogens is 2. The second kappa shape index (κ2) is 8.07. The van der Waals surface area contributed by atoms with Crippen LogP contribution in [-0.4, -0.2) is 66.3 Å². The normalized spacial score (nSPS) is 20.9. The van der Waals surface area contributed by atoms with E-state index in [0.29, 0.717) is 5.95 Å². The first-order chi connectivity index (χ1) is 12.8. The minimum atomic E-state index is -0.335. The summed E-state index contributed by atoms with van der Waals surface area (Å²) in [6, 6.07) is 0. The van der Waals surface area contributed by atoms with E-state index < -0.39 is 0 Å².